The van der Waals surface area contributed by atoms with Gasteiger partial charge < -0.3 is 5.32 Å². The zero-order chi connectivity index (χ0) is 9.68. The van der Waals surface area contributed by atoms with Crippen molar-refractivity contribution in [2.45, 2.75) is 6.54 Å². The fraction of sp³-hybridized carbons (Fsp3) is 0.333. The van der Waals surface area contributed by atoms with Crippen LogP contribution in [0.2, 0.25) is 10.0 Å². The van der Waals surface area contributed by atoms with Crippen LogP contribution in [0.4, 0.5) is 0 Å². The summed E-state index contributed by atoms with van der Waals surface area (Å²) in [4.78, 5) is 0. The third-order valence-corrected chi connectivity index (χ3v) is 2.87. The Balaban J connectivity index is 0.00000169. The molecule has 0 saturated carbocycles. The second-order valence-corrected chi connectivity index (χ2v) is 4.16. The van der Waals surface area contributed by atoms with Gasteiger partial charge in [-0.25, -0.2) is 0 Å². The number of hydrogen-bond donors (Lipinski definition) is 1. The Bertz CT molecular complexity index is 282. The maximum Gasteiger partial charge on any atom is 0.0637 e. The van der Waals surface area contributed by atoms with Gasteiger partial charge in [-0.05, 0) is 11.6 Å². The van der Waals surface area contributed by atoms with Crippen LogP contribution in [0.15, 0.2) is 18.2 Å². The molecule has 0 aliphatic carbocycles. The van der Waals surface area contributed by atoms with Gasteiger partial charge in [-0.15, -0.1) is 17.0 Å². The van der Waals surface area contributed by atoms with Gasteiger partial charge >= 0.3 is 0 Å². The van der Waals surface area contributed by atoms with E-state index in [1.807, 2.05) is 12.1 Å². The van der Waals surface area contributed by atoms with Gasteiger partial charge in [0, 0.05) is 18.4 Å². The van der Waals surface area contributed by atoms with Crippen LogP contribution in [0.5, 0.6) is 0 Å². The number of alkyl halides is 1. The summed E-state index contributed by atoms with van der Waals surface area (Å²) in [6, 6.07) is 5.66. The molecule has 0 aliphatic heterocycles. The zero-order valence-electron chi connectivity index (χ0n) is 7.40. The molecule has 1 nitrogen and oxygen atoms in total. The molecule has 0 heterocycles. The third-order valence-electron chi connectivity index (χ3n) is 1.62. The quantitative estimate of drug-likeness (QED) is 0.628. The fourth-order valence-electron chi connectivity index (χ4n) is 0.975. The van der Waals surface area contributed by atoms with E-state index in [2.05, 4.69) is 21.2 Å². The molecule has 0 amide bonds. The van der Waals surface area contributed by atoms with Crippen molar-refractivity contribution in [2.24, 2.45) is 0 Å². The molecule has 0 radical (unpaired) electrons. The average Bonchev–Trinajstić information content (AvgIpc) is 2.13. The van der Waals surface area contributed by atoms with E-state index >= 15 is 0 Å². The van der Waals surface area contributed by atoms with Crippen molar-refractivity contribution in [3.63, 3.8) is 0 Å². The molecule has 0 bridgehead atoms. The molecule has 0 unspecified atom stereocenters. The molecule has 80 valence electrons. The second-order valence-electron chi connectivity index (χ2n) is 2.58. The molecular formula is C9H11Br2Cl2N. The number of halogens is 4. The monoisotopic (exact) mass is 361 g/mol. The normalized spacial score (nSPS) is 9.64. The first kappa shape index (κ1) is 14.7. The molecule has 5 heteroatoms. The van der Waals surface area contributed by atoms with Crippen LogP contribution >= 0.6 is 56.1 Å². The smallest absolute Gasteiger partial charge is 0.0637 e. The Morgan fingerprint density at radius 2 is 2.00 bits per heavy atom. The van der Waals surface area contributed by atoms with Gasteiger partial charge in [-0.1, -0.05) is 51.3 Å². The van der Waals surface area contributed by atoms with Crippen LogP contribution in [-0.2, 0) is 6.54 Å². The maximum absolute atomic E-state index is 5.99. The van der Waals surface area contributed by atoms with Crippen LogP contribution in [0.3, 0.4) is 0 Å². The van der Waals surface area contributed by atoms with Gasteiger partial charge in [0.2, 0.25) is 0 Å². The summed E-state index contributed by atoms with van der Waals surface area (Å²) in [5, 5.41) is 5.42. The van der Waals surface area contributed by atoms with E-state index < -0.39 is 0 Å². The van der Waals surface area contributed by atoms with Gasteiger partial charge in [0.05, 0.1) is 10.0 Å². The van der Waals surface area contributed by atoms with Crippen molar-refractivity contribution < 1.29 is 0 Å². The van der Waals surface area contributed by atoms with Gasteiger partial charge in [-0.3, -0.25) is 0 Å². The highest BCUT2D eigenvalue weighted by Crippen LogP contribution is 2.25. The summed E-state index contributed by atoms with van der Waals surface area (Å²) < 4.78 is 0. The predicted molar refractivity (Wildman–Crippen MR) is 72.3 cm³/mol. The van der Waals surface area contributed by atoms with Crippen LogP contribution in [0.25, 0.3) is 0 Å². The summed E-state index contributed by atoms with van der Waals surface area (Å²) in [5.41, 5.74) is 1.04. The molecule has 1 aromatic rings. The zero-order valence-corrected chi connectivity index (χ0v) is 12.2. The predicted octanol–water partition coefficient (Wildman–Crippen LogP) is 4.06. The molecule has 0 atom stereocenters. The van der Waals surface area contributed by atoms with Gasteiger partial charge in [0.15, 0.2) is 0 Å². The highest BCUT2D eigenvalue weighted by Gasteiger charge is 2.02. The number of benzene rings is 1. The highest BCUT2D eigenvalue weighted by molar-refractivity contribution is 9.09. The number of hydrogen-bond acceptors (Lipinski definition) is 1. The van der Waals surface area contributed by atoms with E-state index in [4.69, 9.17) is 23.2 Å². The van der Waals surface area contributed by atoms with E-state index in [0.717, 1.165) is 24.0 Å². The molecule has 0 aliphatic rings. The average molecular weight is 364 g/mol. The lowest BCUT2D eigenvalue weighted by molar-refractivity contribution is 0.734. The standard InChI is InChI=1S/C9H10BrCl2N.BrH/c10-4-5-13-6-7-2-1-3-8(11)9(7)12;/h1-3,13H,4-6H2;1H. The summed E-state index contributed by atoms with van der Waals surface area (Å²) >= 11 is 15.2. The minimum absolute atomic E-state index is 0. The Hall–Kier alpha value is 0.720. The van der Waals surface area contributed by atoms with Crippen LogP contribution < -0.4 is 5.32 Å². The van der Waals surface area contributed by atoms with Crippen molar-refractivity contribution in [1.29, 1.82) is 0 Å². The molecule has 14 heavy (non-hydrogen) atoms. The minimum atomic E-state index is 0. The summed E-state index contributed by atoms with van der Waals surface area (Å²) in [6.45, 7) is 1.67. The van der Waals surface area contributed by atoms with E-state index in [9.17, 15) is 0 Å². The Kier molecular flexibility index (Phi) is 8.35. The van der Waals surface area contributed by atoms with E-state index in [0.29, 0.717) is 10.0 Å². The maximum atomic E-state index is 5.99. The van der Waals surface area contributed by atoms with Gasteiger partial charge in [-0.2, -0.15) is 0 Å². The molecule has 0 aromatic heterocycles. The van der Waals surface area contributed by atoms with E-state index in [-0.39, 0.29) is 17.0 Å². The van der Waals surface area contributed by atoms with Crippen molar-refractivity contribution >= 4 is 56.1 Å². The Labute approximate surface area is 113 Å². The van der Waals surface area contributed by atoms with Gasteiger partial charge in [0.1, 0.15) is 0 Å². The van der Waals surface area contributed by atoms with E-state index in [1.54, 1.807) is 6.07 Å². The first-order chi connectivity index (χ1) is 6.25. The molecular weight excluding hydrogens is 353 g/mol. The van der Waals surface area contributed by atoms with Crippen molar-refractivity contribution in [1.82, 2.24) is 5.32 Å². The van der Waals surface area contributed by atoms with Crippen molar-refractivity contribution in [3.05, 3.63) is 33.8 Å². The van der Waals surface area contributed by atoms with Crippen LogP contribution in [0, 0.1) is 0 Å². The fourth-order valence-corrected chi connectivity index (χ4v) is 1.64. The molecule has 1 rings (SSSR count). The first-order valence-corrected chi connectivity index (χ1v) is 5.83. The lowest BCUT2D eigenvalue weighted by Crippen LogP contribution is -2.15. The first-order valence-electron chi connectivity index (χ1n) is 3.95. The topological polar surface area (TPSA) is 12.0 Å². The molecule has 0 saturated heterocycles. The number of rotatable bonds is 4. The van der Waals surface area contributed by atoms with E-state index in [1.165, 1.54) is 0 Å². The Morgan fingerprint density at radius 3 is 2.64 bits per heavy atom. The summed E-state index contributed by atoms with van der Waals surface area (Å²) in [6.07, 6.45) is 0. The number of nitrogens with one attached hydrogen (secondary N) is 1. The van der Waals surface area contributed by atoms with Crippen LogP contribution in [0.1, 0.15) is 5.56 Å². The Morgan fingerprint density at radius 1 is 1.29 bits per heavy atom. The molecule has 0 fully saturated rings. The van der Waals surface area contributed by atoms with Crippen LogP contribution in [-0.4, -0.2) is 11.9 Å². The van der Waals surface area contributed by atoms with Gasteiger partial charge in [0.25, 0.3) is 0 Å². The van der Waals surface area contributed by atoms with Crippen molar-refractivity contribution in [3.8, 4) is 0 Å². The molecule has 1 N–H and O–H groups in total. The largest absolute Gasteiger partial charge is 0.312 e. The van der Waals surface area contributed by atoms with Crippen molar-refractivity contribution in [2.75, 3.05) is 11.9 Å². The second kappa shape index (κ2) is 7.94. The summed E-state index contributed by atoms with van der Waals surface area (Å²) in [7, 11) is 0. The summed E-state index contributed by atoms with van der Waals surface area (Å²) in [5.74, 6) is 0. The lowest BCUT2D eigenvalue weighted by atomic mass is 10.2. The third kappa shape index (κ3) is 4.49. The SMILES string of the molecule is Br.Clc1cccc(CNCCBr)c1Cl. The highest BCUT2D eigenvalue weighted by atomic mass is 79.9. The lowest BCUT2D eigenvalue weighted by Gasteiger charge is -2.05. The molecule has 1 aromatic carbocycles. The minimum Gasteiger partial charge on any atom is -0.312 e. The molecule has 0 spiro atoms.